The summed E-state index contributed by atoms with van der Waals surface area (Å²) in [7, 11) is 1.61. The van der Waals surface area contributed by atoms with E-state index in [4.69, 9.17) is 18.7 Å². The molecule has 0 unspecified atom stereocenters. The van der Waals surface area contributed by atoms with E-state index >= 15 is 0 Å². The molecule has 0 aliphatic heterocycles. The van der Waals surface area contributed by atoms with Crippen LogP contribution in [-0.4, -0.2) is 65.7 Å². The van der Waals surface area contributed by atoms with Crippen molar-refractivity contribution in [3.63, 3.8) is 0 Å². The number of aliphatic hydroxyl groups excluding tert-OH is 1. The zero-order valence-corrected chi connectivity index (χ0v) is 23.2. The predicted octanol–water partition coefficient (Wildman–Crippen LogP) is 4.23. The molecule has 10 heteroatoms. The molecule has 0 spiro atoms. The molecule has 4 rings (SSSR count). The number of nitrogens with zero attached hydrogens (tertiary/aromatic N) is 3. The van der Waals surface area contributed by atoms with Gasteiger partial charge in [0.2, 0.25) is 11.7 Å². The van der Waals surface area contributed by atoms with Crippen molar-refractivity contribution in [2.45, 2.75) is 64.9 Å². The lowest BCUT2D eigenvalue weighted by Crippen LogP contribution is -2.35. The molecule has 3 aromatic rings. The van der Waals surface area contributed by atoms with Gasteiger partial charge < -0.3 is 29.2 Å². The molecule has 1 aliphatic carbocycles. The molecule has 2 aromatic heterocycles. The number of esters is 1. The van der Waals surface area contributed by atoms with Crippen LogP contribution in [0.15, 0.2) is 28.8 Å². The van der Waals surface area contributed by atoms with Crippen LogP contribution in [0.25, 0.3) is 22.8 Å². The Hall–Kier alpha value is -3.50. The molecule has 1 atom stereocenters. The summed E-state index contributed by atoms with van der Waals surface area (Å²) in [5.41, 5.74) is 4.49. The summed E-state index contributed by atoms with van der Waals surface area (Å²) in [6.45, 7) is 6.41. The van der Waals surface area contributed by atoms with Gasteiger partial charge >= 0.3 is 5.97 Å². The van der Waals surface area contributed by atoms with Crippen LogP contribution in [0, 0.1) is 6.92 Å². The van der Waals surface area contributed by atoms with Gasteiger partial charge in [0.1, 0.15) is 18.5 Å². The van der Waals surface area contributed by atoms with E-state index in [-0.39, 0.29) is 25.7 Å². The minimum Gasteiger partial charge on any atom is -0.490 e. The lowest BCUT2D eigenvalue weighted by atomic mass is 10.0. The third kappa shape index (κ3) is 7.33. The van der Waals surface area contributed by atoms with Crippen molar-refractivity contribution in [2.75, 3.05) is 33.4 Å². The molecule has 1 fully saturated rings. The van der Waals surface area contributed by atoms with Crippen LogP contribution in [0.4, 0.5) is 0 Å². The molecule has 0 amide bonds. The smallest absolute Gasteiger partial charge is 0.319 e. The number of pyridine rings is 1. The number of rotatable bonds is 13. The first kappa shape index (κ1) is 28.5. The number of methoxy groups -OCH3 is 1. The van der Waals surface area contributed by atoms with Gasteiger partial charge in [-0.05, 0) is 62.4 Å². The van der Waals surface area contributed by atoms with Crippen LogP contribution in [-0.2, 0) is 16.0 Å². The van der Waals surface area contributed by atoms with Crippen molar-refractivity contribution in [1.29, 1.82) is 0 Å². The predicted molar refractivity (Wildman–Crippen MR) is 146 cm³/mol. The van der Waals surface area contributed by atoms with Crippen molar-refractivity contribution in [3.05, 3.63) is 41.1 Å². The maximum atomic E-state index is 11.4. The van der Waals surface area contributed by atoms with E-state index in [1.165, 1.54) is 12.8 Å². The minimum absolute atomic E-state index is 0.0414. The number of nitrogens with one attached hydrogen (secondary N) is 1. The lowest BCUT2D eigenvalue weighted by molar-refractivity contribution is -0.142. The Kier molecular flexibility index (Phi) is 9.89. The lowest BCUT2D eigenvalue weighted by Gasteiger charge is -2.17. The van der Waals surface area contributed by atoms with Crippen molar-refractivity contribution in [3.8, 4) is 34.5 Å². The number of hydrogen-bond donors (Lipinski definition) is 2. The van der Waals surface area contributed by atoms with Crippen molar-refractivity contribution in [2.24, 2.45) is 0 Å². The van der Waals surface area contributed by atoms with Crippen molar-refractivity contribution < 1.29 is 28.6 Å². The number of carbonyl (C=O) groups is 1. The Bertz CT molecular complexity index is 1250. The average molecular weight is 539 g/mol. The zero-order valence-electron chi connectivity index (χ0n) is 23.2. The standard InChI is InChI=1S/C29H38N4O6/c1-5-19-12-21(11-18(3)27(19)38-17-23(34)15-30-16-26(35)37-6-2)28-32-29(39-33-28)22-13-24(20-9-7-8-10-20)31-25(14-22)36-4/h11-14,20,23,30,34H,5-10,15-17H2,1-4H3/t23-/m0/s1. The van der Waals surface area contributed by atoms with Crippen LogP contribution >= 0.6 is 0 Å². The quantitative estimate of drug-likeness (QED) is 0.305. The Labute approximate surface area is 229 Å². The molecule has 1 aromatic carbocycles. The fraction of sp³-hybridized carbons (Fsp3) is 0.517. The van der Waals surface area contributed by atoms with Crippen LogP contribution in [0.5, 0.6) is 11.6 Å². The zero-order chi connectivity index (χ0) is 27.8. The van der Waals surface area contributed by atoms with Gasteiger partial charge in [-0.25, -0.2) is 4.98 Å². The molecule has 0 saturated heterocycles. The Morgan fingerprint density at radius 3 is 2.67 bits per heavy atom. The van der Waals surface area contributed by atoms with E-state index in [1.54, 1.807) is 14.0 Å². The Morgan fingerprint density at radius 1 is 1.15 bits per heavy atom. The molecule has 2 heterocycles. The summed E-state index contributed by atoms with van der Waals surface area (Å²) in [6.07, 6.45) is 4.63. The number of hydrogen-bond acceptors (Lipinski definition) is 10. The van der Waals surface area contributed by atoms with Crippen LogP contribution in [0.2, 0.25) is 0 Å². The number of ether oxygens (including phenoxy) is 3. The van der Waals surface area contributed by atoms with E-state index < -0.39 is 6.10 Å². The summed E-state index contributed by atoms with van der Waals surface area (Å²) in [4.78, 5) is 20.8. The first-order valence-electron chi connectivity index (χ1n) is 13.6. The number of aliphatic hydroxyl groups is 1. The Morgan fingerprint density at radius 2 is 1.95 bits per heavy atom. The van der Waals surface area contributed by atoms with E-state index in [9.17, 15) is 9.90 Å². The number of carbonyl (C=O) groups excluding carboxylic acids is 1. The summed E-state index contributed by atoms with van der Waals surface area (Å²) < 4.78 is 22.0. The maximum Gasteiger partial charge on any atom is 0.319 e. The fourth-order valence-corrected chi connectivity index (χ4v) is 4.88. The van der Waals surface area contributed by atoms with E-state index in [1.807, 2.05) is 38.1 Å². The first-order valence-corrected chi connectivity index (χ1v) is 13.6. The van der Waals surface area contributed by atoms with Gasteiger partial charge in [-0.3, -0.25) is 4.79 Å². The number of aryl methyl sites for hydroxylation is 2. The van der Waals surface area contributed by atoms with Gasteiger partial charge in [0.15, 0.2) is 0 Å². The van der Waals surface area contributed by atoms with Gasteiger partial charge in [-0.2, -0.15) is 4.98 Å². The largest absolute Gasteiger partial charge is 0.490 e. The van der Waals surface area contributed by atoms with E-state index in [0.29, 0.717) is 30.1 Å². The fourth-order valence-electron chi connectivity index (χ4n) is 4.88. The maximum absolute atomic E-state index is 11.4. The van der Waals surface area contributed by atoms with Gasteiger partial charge in [-0.15, -0.1) is 0 Å². The molecule has 1 aliphatic rings. The van der Waals surface area contributed by atoms with Gasteiger partial charge in [0, 0.05) is 35.3 Å². The topological polar surface area (TPSA) is 129 Å². The number of aromatic nitrogens is 3. The van der Waals surface area contributed by atoms with E-state index in [0.717, 1.165) is 53.0 Å². The van der Waals surface area contributed by atoms with Crippen LogP contribution in [0.3, 0.4) is 0 Å². The summed E-state index contributed by atoms with van der Waals surface area (Å²) >= 11 is 0. The van der Waals surface area contributed by atoms with Gasteiger partial charge in [0.05, 0.1) is 20.3 Å². The van der Waals surface area contributed by atoms with Crippen LogP contribution in [0.1, 0.15) is 62.3 Å². The second kappa shape index (κ2) is 13.5. The highest BCUT2D eigenvalue weighted by Gasteiger charge is 2.22. The highest BCUT2D eigenvalue weighted by Crippen LogP contribution is 2.36. The Balaban J connectivity index is 1.47. The average Bonchev–Trinajstić information content (AvgIpc) is 3.65. The molecule has 210 valence electrons. The first-order chi connectivity index (χ1) is 18.9. The molecule has 1 saturated carbocycles. The molecule has 39 heavy (non-hydrogen) atoms. The van der Waals surface area contributed by atoms with E-state index in [2.05, 4.69) is 20.4 Å². The second-order valence-electron chi connectivity index (χ2n) is 9.76. The van der Waals surface area contributed by atoms with Gasteiger partial charge in [0.25, 0.3) is 5.89 Å². The molecule has 0 bridgehead atoms. The number of benzene rings is 1. The van der Waals surface area contributed by atoms with Gasteiger partial charge in [-0.1, -0.05) is 24.9 Å². The highest BCUT2D eigenvalue weighted by atomic mass is 16.5. The monoisotopic (exact) mass is 538 g/mol. The molecule has 0 radical (unpaired) electrons. The SMILES string of the molecule is CCOC(=O)CNC[C@H](O)COc1c(C)cc(-c2noc(-c3cc(OC)nc(C4CCCC4)c3)n2)cc1CC. The molecular formula is C29H38N4O6. The highest BCUT2D eigenvalue weighted by molar-refractivity contribution is 5.71. The normalized spacial score (nSPS) is 14.4. The third-order valence-electron chi connectivity index (χ3n) is 6.84. The van der Waals surface area contributed by atoms with Crippen molar-refractivity contribution in [1.82, 2.24) is 20.4 Å². The molecule has 10 nitrogen and oxygen atoms in total. The minimum atomic E-state index is -0.783. The van der Waals surface area contributed by atoms with Crippen molar-refractivity contribution >= 4 is 5.97 Å². The third-order valence-corrected chi connectivity index (χ3v) is 6.84. The molecular weight excluding hydrogens is 500 g/mol. The van der Waals surface area contributed by atoms with Crippen LogP contribution < -0.4 is 14.8 Å². The summed E-state index contributed by atoms with van der Waals surface area (Å²) in [6, 6.07) is 7.79. The second-order valence-corrected chi connectivity index (χ2v) is 9.76. The molecule has 2 N–H and O–H groups in total. The summed E-state index contributed by atoms with van der Waals surface area (Å²) in [5, 5.41) is 17.4. The summed E-state index contributed by atoms with van der Waals surface area (Å²) in [5.74, 6) is 2.23.